The summed E-state index contributed by atoms with van der Waals surface area (Å²) < 4.78 is 27.6. The minimum absolute atomic E-state index is 0.419. The predicted molar refractivity (Wildman–Crippen MR) is 247 cm³/mol. The standard InChI is InChI=1S/C50H94O15/c1-5-7-9-11-13-15-17-19-21-23-25-27-29-31-37(51)35(3)47(59)61-33-39-41(53)43(55)45(57)49(63-39)65-50-46(58)44(56)42(54)40(64-50)34-62-48(60)36(4)38(52)32-30-28-26-24-22-20-18-16-14-12-10-8-6-2/h35-46,49-58H,5-34H2,1-4H3/t35-,36-,37-,38-,39-,40-,41-,42-,43+,44+,45-,46-,49-,50-/m1/s1. The van der Waals surface area contributed by atoms with Crippen molar-refractivity contribution >= 4 is 11.9 Å². The van der Waals surface area contributed by atoms with Crippen molar-refractivity contribution in [3.8, 4) is 0 Å². The van der Waals surface area contributed by atoms with E-state index in [1.165, 1.54) is 129 Å². The lowest BCUT2D eigenvalue weighted by molar-refractivity contribution is -0.376. The summed E-state index contributed by atoms with van der Waals surface area (Å²) in [6, 6.07) is 0. The Morgan fingerprint density at radius 1 is 0.415 bits per heavy atom. The van der Waals surface area contributed by atoms with E-state index in [2.05, 4.69) is 13.8 Å². The van der Waals surface area contributed by atoms with Gasteiger partial charge >= 0.3 is 11.9 Å². The highest BCUT2D eigenvalue weighted by molar-refractivity contribution is 5.73. The molecule has 2 saturated heterocycles. The van der Waals surface area contributed by atoms with E-state index in [1.807, 2.05) is 0 Å². The third-order valence-electron chi connectivity index (χ3n) is 13.5. The smallest absolute Gasteiger partial charge is 0.311 e. The number of esters is 2. The number of ether oxygens (including phenoxy) is 5. The van der Waals surface area contributed by atoms with Crippen molar-refractivity contribution in [1.82, 2.24) is 0 Å². The highest BCUT2D eigenvalue weighted by Crippen LogP contribution is 2.29. The van der Waals surface area contributed by atoms with Crippen LogP contribution >= 0.6 is 0 Å². The van der Waals surface area contributed by atoms with Gasteiger partial charge in [-0.05, 0) is 26.7 Å². The first-order chi connectivity index (χ1) is 31.2. The van der Waals surface area contributed by atoms with Crippen LogP contribution < -0.4 is 0 Å². The van der Waals surface area contributed by atoms with E-state index in [-0.39, 0.29) is 0 Å². The van der Waals surface area contributed by atoms with Crippen molar-refractivity contribution in [1.29, 1.82) is 0 Å². The molecule has 14 atom stereocenters. The highest BCUT2D eigenvalue weighted by Gasteiger charge is 2.50. The van der Waals surface area contributed by atoms with Crippen LogP contribution in [0.3, 0.4) is 0 Å². The van der Waals surface area contributed by atoms with Gasteiger partial charge in [-0.1, -0.05) is 181 Å². The Morgan fingerprint density at radius 2 is 0.677 bits per heavy atom. The molecule has 2 rings (SSSR count). The molecule has 0 aromatic carbocycles. The summed E-state index contributed by atoms with van der Waals surface area (Å²) in [4.78, 5) is 25.7. The average Bonchev–Trinajstić information content (AvgIpc) is 3.30. The van der Waals surface area contributed by atoms with E-state index in [9.17, 15) is 50.4 Å². The maximum atomic E-state index is 12.9. The minimum Gasteiger partial charge on any atom is -0.463 e. The van der Waals surface area contributed by atoms with Gasteiger partial charge in [0.05, 0.1) is 24.0 Å². The van der Waals surface area contributed by atoms with Crippen LogP contribution in [0.25, 0.3) is 0 Å². The summed E-state index contributed by atoms with van der Waals surface area (Å²) in [5.74, 6) is -3.25. The van der Waals surface area contributed by atoms with E-state index >= 15 is 0 Å². The van der Waals surface area contributed by atoms with Crippen LogP contribution in [0.2, 0.25) is 0 Å². The molecule has 2 aliphatic rings. The van der Waals surface area contributed by atoms with Gasteiger partial charge in [0.15, 0.2) is 12.6 Å². The third-order valence-corrected chi connectivity index (χ3v) is 13.5. The van der Waals surface area contributed by atoms with Gasteiger partial charge in [0.25, 0.3) is 0 Å². The van der Waals surface area contributed by atoms with Crippen molar-refractivity contribution in [3.05, 3.63) is 0 Å². The van der Waals surface area contributed by atoms with E-state index in [0.29, 0.717) is 12.8 Å². The van der Waals surface area contributed by atoms with E-state index in [0.717, 1.165) is 51.4 Å². The second kappa shape index (κ2) is 35.6. The van der Waals surface area contributed by atoms with Crippen molar-refractivity contribution in [3.63, 3.8) is 0 Å². The molecule has 15 heteroatoms. The fraction of sp³-hybridized carbons (Fsp3) is 0.960. The zero-order valence-corrected chi connectivity index (χ0v) is 40.7. The number of aliphatic hydroxyl groups is 8. The molecule has 0 saturated carbocycles. The molecule has 2 fully saturated rings. The Labute approximate surface area is 391 Å². The van der Waals surface area contributed by atoms with Crippen LogP contribution in [0.15, 0.2) is 0 Å². The summed E-state index contributed by atoms with van der Waals surface area (Å²) in [6.07, 6.45) is 12.7. The zero-order chi connectivity index (χ0) is 48.0. The molecular formula is C50H94O15. The number of hydrogen-bond acceptors (Lipinski definition) is 15. The van der Waals surface area contributed by atoms with Gasteiger partial charge in [-0.15, -0.1) is 0 Å². The lowest BCUT2D eigenvalue weighted by Gasteiger charge is -2.44. The number of carbonyl (C=O) groups excluding carboxylic acids is 2. The van der Waals surface area contributed by atoms with Gasteiger partial charge in [-0.25, -0.2) is 0 Å². The molecule has 0 aliphatic carbocycles. The summed E-state index contributed by atoms with van der Waals surface area (Å²) in [5, 5.41) is 85.3. The summed E-state index contributed by atoms with van der Waals surface area (Å²) >= 11 is 0. The Bertz CT molecular complexity index is 1110. The van der Waals surface area contributed by atoms with Gasteiger partial charge < -0.3 is 64.5 Å². The molecule has 0 amide bonds. The van der Waals surface area contributed by atoms with Gasteiger partial charge in [-0.2, -0.15) is 0 Å². The molecule has 0 spiro atoms. The van der Waals surface area contributed by atoms with Crippen LogP contribution in [0.4, 0.5) is 0 Å². The summed E-state index contributed by atoms with van der Waals surface area (Å²) in [5.41, 5.74) is 0. The first-order valence-corrected chi connectivity index (χ1v) is 26.0. The van der Waals surface area contributed by atoms with E-state index in [1.54, 1.807) is 0 Å². The molecule has 0 radical (unpaired) electrons. The number of unbranched alkanes of at least 4 members (excludes halogenated alkanes) is 24. The normalized spacial score (nSPS) is 27.8. The molecular weight excluding hydrogens is 841 g/mol. The third kappa shape index (κ3) is 23.6. The lowest BCUT2D eigenvalue weighted by Crippen LogP contribution is -2.64. The molecule has 8 N–H and O–H groups in total. The monoisotopic (exact) mass is 935 g/mol. The van der Waals surface area contributed by atoms with Crippen LogP contribution in [0, 0.1) is 11.8 Å². The minimum atomic E-state index is -1.88. The molecule has 2 heterocycles. The molecule has 65 heavy (non-hydrogen) atoms. The van der Waals surface area contributed by atoms with Crippen LogP contribution in [0.5, 0.6) is 0 Å². The molecule has 15 nitrogen and oxygen atoms in total. The average molecular weight is 935 g/mol. The zero-order valence-electron chi connectivity index (χ0n) is 40.7. The number of aliphatic hydroxyl groups excluding tert-OH is 8. The topological polar surface area (TPSA) is 242 Å². The Hall–Kier alpha value is -1.50. The van der Waals surface area contributed by atoms with Gasteiger partial charge in [-0.3, -0.25) is 9.59 Å². The number of carbonyl (C=O) groups is 2. The number of rotatable bonds is 38. The maximum Gasteiger partial charge on any atom is 0.311 e. The Kier molecular flexibility index (Phi) is 32.6. The highest BCUT2D eigenvalue weighted by atomic mass is 16.8. The van der Waals surface area contributed by atoms with Crippen LogP contribution in [-0.2, 0) is 33.3 Å². The molecule has 0 aromatic heterocycles. The maximum absolute atomic E-state index is 12.9. The van der Waals surface area contributed by atoms with Crippen molar-refractivity contribution < 1.29 is 74.1 Å². The first kappa shape index (κ1) is 59.6. The quantitative estimate of drug-likeness (QED) is 0.0238. The first-order valence-electron chi connectivity index (χ1n) is 26.0. The second-order valence-electron chi connectivity index (χ2n) is 19.2. The molecule has 0 aromatic rings. The fourth-order valence-corrected chi connectivity index (χ4v) is 8.61. The van der Waals surface area contributed by atoms with Crippen LogP contribution in [-0.4, -0.2) is 140 Å². The Morgan fingerprint density at radius 3 is 0.954 bits per heavy atom. The predicted octanol–water partition coefficient (Wildman–Crippen LogP) is 6.66. The summed E-state index contributed by atoms with van der Waals surface area (Å²) in [7, 11) is 0. The van der Waals surface area contributed by atoms with Gasteiger partial charge in [0.2, 0.25) is 0 Å². The van der Waals surface area contributed by atoms with E-state index < -0.39 is 111 Å². The number of hydrogen-bond donors (Lipinski definition) is 8. The summed E-state index contributed by atoms with van der Waals surface area (Å²) in [6.45, 7) is 6.39. The van der Waals surface area contributed by atoms with Crippen LogP contribution in [0.1, 0.15) is 207 Å². The van der Waals surface area contributed by atoms with Gasteiger partial charge in [0, 0.05) is 0 Å². The molecule has 384 valence electrons. The molecule has 2 aliphatic heterocycles. The van der Waals surface area contributed by atoms with Crippen molar-refractivity contribution in [2.45, 2.75) is 281 Å². The van der Waals surface area contributed by atoms with Gasteiger partial charge in [0.1, 0.15) is 62.0 Å². The van der Waals surface area contributed by atoms with Crippen molar-refractivity contribution in [2.24, 2.45) is 11.8 Å². The Balaban J connectivity index is 1.73. The second-order valence-corrected chi connectivity index (χ2v) is 19.2. The molecule has 0 unspecified atom stereocenters. The van der Waals surface area contributed by atoms with E-state index in [4.69, 9.17) is 23.7 Å². The van der Waals surface area contributed by atoms with Crippen molar-refractivity contribution in [2.75, 3.05) is 13.2 Å². The lowest BCUT2D eigenvalue weighted by atomic mass is 9.97. The SMILES string of the molecule is CCCCCCCCCCCCCCC[C@@H](O)[C@@H](C)C(=O)OC[C@H]1O[C@H](O[C@H]2O[C@H](COC(=O)[C@H](C)[C@H](O)CCCCCCCCCCCCCCC)[C@@H](O)[C@H](O)[C@H]2O)[C@H](O)[C@@H](O)[C@@H]1O. The fourth-order valence-electron chi connectivity index (χ4n) is 8.61. The molecule has 0 bridgehead atoms. The largest absolute Gasteiger partial charge is 0.463 e.